The molecule has 0 aliphatic carbocycles. The topological polar surface area (TPSA) is 56.5 Å². The highest BCUT2D eigenvalue weighted by molar-refractivity contribution is 5.08. The van der Waals surface area contributed by atoms with Gasteiger partial charge in [-0.25, -0.2) is 0 Å². The molecule has 1 aliphatic heterocycles. The third kappa shape index (κ3) is 1.04. The molecule has 1 saturated heterocycles. The van der Waals surface area contributed by atoms with Crippen LogP contribution in [0.15, 0.2) is 0 Å². The zero-order valence-corrected chi connectivity index (χ0v) is 5.29. The molecule has 0 aromatic rings. The van der Waals surface area contributed by atoms with E-state index in [1.54, 1.807) is 6.92 Å². The smallest absolute Gasteiger partial charge is 0.179 e. The number of aliphatic hydroxyl groups is 1. The van der Waals surface area contributed by atoms with Gasteiger partial charge in [0.15, 0.2) is 5.60 Å². The standard InChI is InChI=1S/C6H9NO2/c1-2-6(8,4-7)5-3-9-5/h5,8H,2-3H2,1H3. The van der Waals surface area contributed by atoms with Crippen molar-refractivity contribution >= 4 is 0 Å². The first-order chi connectivity index (χ1) is 4.23. The Hall–Kier alpha value is -0.590. The second-order valence-electron chi connectivity index (χ2n) is 2.21. The minimum atomic E-state index is -1.22. The first-order valence-electron chi connectivity index (χ1n) is 2.98. The average Bonchev–Trinajstić information content (AvgIpc) is 2.68. The lowest BCUT2D eigenvalue weighted by molar-refractivity contribution is 0.0620. The normalized spacial score (nSPS) is 30.6. The molecule has 1 rings (SSSR count). The zero-order valence-electron chi connectivity index (χ0n) is 5.29. The van der Waals surface area contributed by atoms with Gasteiger partial charge in [0.2, 0.25) is 0 Å². The van der Waals surface area contributed by atoms with Crippen LogP contribution in [0.25, 0.3) is 0 Å². The molecule has 3 nitrogen and oxygen atoms in total. The van der Waals surface area contributed by atoms with Crippen molar-refractivity contribution in [3.8, 4) is 6.07 Å². The SMILES string of the molecule is CCC(O)(C#N)C1CO1. The lowest BCUT2D eigenvalue weighted by Gasteiger charge is -2.13. The first kappa shape index (κ1) is 6.53. The molecule has 0 aromatic carbocycles. The van der Waals surface area contributed by atoms with Crippen LogP contribution in [0.3, 0.4) is 0 Å². The highest BCUT2D eigenvalue weighted by Crippen LogP contribution is 2.26. The largest absolute Gasteiger partial charge is 0.373 e. The van der Waals surface area contributed by atoms with Crippen molar-refractivity contribution < 1.29 is 9.84 Å². The highest BCUT2D eigenvalue weighted by atomic mass is 16.6. The Balaban J connectivity index is 2.56. The summed E-state index contributed by atoms with van der Waals surface area (Å²) in [4.78, 5) is 0. The van der Waals surface area contributed by atoms with E-state index in [-0.39, 0.29) is 6.10 Å². The van der Waals surface area contributed by atoms with Crippen LogP contribution in [0.1, 0.15) is 13.3 Å². The van der Waals surface area contributed by atoms with E-state index in [2.05, 4.69) is 0 Å². The fourth-order valence-corrected chi connectivity index (χ4v) is 0.703. The Kier molecular flexibility index (Phi) is 1.43. The Morgan fingerprint density at radius 1 is 2.00 bits per heavy atom. The maximum Gasteiger partial charge on any atom is 0.179 e. The molecule has 50 valence electrons. The van der Waals surface area contributed by atoms with Crippen LogP contribution in [0, 0.1) is 11.3 Å². The summed E-state index contributed by atoms with van der Waals surface area (Å²) in [6.45, 7) is 2.29. The van der Waals surface area contributed by atoms with E-state index in [1.165, 1.54) is 0 Å². The average molecular weight is 127 g/mol. The van der Waals surface area contributed by atoms with Crippen molar-refractivity contribution in [2.24, 2.45) is 0 Å². The predicted molar refractivity (Wildman–Crippen MR) is 30.6 cm³/mol. The van der Waals surface area contributed by atoms with Crippen molar-refractivity contribution in [2.75, 3.05) is 6.61 Å². The maximum atomic E-state index is 9.28. The van der Waals surface area contributed by atoms with Crippen LogP contribution in [0.2, 0.25) is 0 Å². The minimum Gasteiger partial charge on any atom is -0.373 e. The number of hydrogen-bond donors (Lipinski definition) is 1. The lowest BCUT2D eigenvalue weighted by atomic mass is 9.99. The molecular weight excluding hydrogens is 118 g/mol. The molecule has 0 saturated carbocycles. The van der Waals surface area contributed by atoms with Crippen LogP contribution in [-0.4, -0.2) is 23.4 Å². The third-order valence-electron chi connectivity index (χ3n) is 1.60. The van der Waals surface area contributed by atoms with E-state index in [0.29, 0.717) is 13.0 Å². The molecule has 1 heterocycles. The lowest BCUT2D eigenvalue weighted by Crippen LogP contribution is -2.32. The van der Waals surface area contributed by atoms with Gasteiger partial charge in [-0.3, -0.25) is 0 Å². The van der Waals surface area contributed by atoms with E-state index in [9.17, 15) is 5.11 Å². The first-order valence-corrected chi connectivity index (χ1v) is 2.98. The van der Waals surface area contributed by atoms with Gasteiger partial charge in [0, 0.05) is 0 Å². The molecular formula is C6H9NO2. The summed E-state index contributed by atoms with van der Waals surface area (Å²) in [5, 5.41) is 17.7. The second-order valence-corrected chi connectivity index (χ2v) is 2.21. The molecule has 3 heteroatoms. The van der Waals surface area contributed by atoms with Gasteiger partial charge < -0.3 is 9.84 Å². The molecule has 0 radical (unpaired) electrons. The molecule has 0 amide bonds. The van der Waals surface area contributed by atoms with Gasteiger partial charge in [0.1, 0.15) is 12.2 Å². The van der Waals surface area contributed by atoms with Crippen LogP contribution in [0.5, 0.6) is 0 Å². The van der Waals surface area contributed by atoms with Crippen LogP contribution >= 0.6 is 0 Å². The van der Waals surface area contributed by atoms with Crippen LogP contribution < -0.4 is 0 Å². The number of nitrogens with zero attached hydrogens (tertiary/aromatic N) is 1. The summed E-state index contributed by atoms with van der Waals surface area (Å²) in [5.74, 6) is 0. The van der Waals surface area contributed by atoms with E-state index >= 15 is 0 Å². The van der Waals surface area contributed by atoms with Crippen molar-refractivity contribution in [3.63, 3.8) is 0 Å². The molecule has 0 spiro atoms. The van der Waals surface area contributed by atoms with E-state index < -0.39 is 5.60 Å². The Bertz CT molecular complexity index is 148. The molecule has 1 fully saturated rings. The Morgan fingerprint density at radius 2 is 2.56 bits per heavy atom. The third-order valence-corrected chi connectivity index (χ3v) is 1.60. The summed E-state index contributed by atoms with van der Waals surface area (Å²) in [6, 6.07) is 1.82. The molecule has 9 heavy (non-hydrogen) atoms. The zero-order chi connectivity index (χ0) is 6.91. The van der Waals surface area contributed by atoms with Gasteiger partial charge in [0.25, 0.3) is 0 Å². The number of epoxide rings is 1. The second kappa shape index (κ2) is 1.98. The van der Waals surface area contributed by atoms with E-state index in [1.807, 2.05) is 6.07 Å². The number of ether oxygens (including phenoxy) is 1. The minimum absolute atomic E-state index is 0.229. The van der Waals surface area contributed by atoms with Crippen molar-refractivity contribution in [1.82, 2.24) is 0 Å². The molecule has 2 unspecified atom stereocenters. The molecule has 1 N–H and O–H groups in total. The summed E-state index contributed by atoms with van der Waals surface area (Å²) < 4.78 is 4.78. The summed E-state index contributed by atoms with van der Waals surface area (Å²) in [6.07, 6.45) is 0.209. The van der Waals surface area contributed by atoms with Gasteiger partial charge >= 0.3 is 0 Å². The van der Waals surface area contributed by atoms with Gasteiger partial charge in [-0.2, -0.15) is 5.26 Å². The number of rotatable bonds is 2. The van der Waals surface area contributed by atoms with E-state index in [0.717, 1.165) is 0 Å². The molecule has 0 bridgehead atoms. The fraction of sp³-hybridized carbons (Fsp3) is 0.833. The van der Waals surface area contributed by atoms with Gasteiger partial charge in [-0.15, -0.1) is 0 Å². The Morgan fingerprint density at radius 3 is 2.67 bits per heavy atom. The molecule has 2 atom stereocenters. The monoisotopic (exact) mass is 127 g/mol. The van der Waals surface area contributed by atoms with Crippen molar-refractivity contribution in [2.45, 2.75) is 25.0 Å². The predicted octanol–water partition coefficient (Wildman–Crippen LogP) is 0.0499. The van der Waals surface area contributed by atoms with Gasteiger partial charge in [0.05, 0.1) is 6.61 Å². The highest BCUT2D eigenvalue weighted by Gasteiger charge is 2.44. The summed E-state index contributed by atoms with van der Waals surface area (Å²) in [7, 11) is 0. The van der Waals surface area contributed by atoms with Crippen LogP contribution in [0.4, 0.5) is 0 Å². The summed E-state index contributed by atoms with van der Waals surface area (Å²) in [5.41, 5.74) is -1.22. The van der Waals surface area contributed by atoms with Crippen molar-refractivity contribution in [1.29, 1.82) is 5.26 Å². The summed E-state index contributed by atoms with van der Waals surface area (Å²) >= 11 is 0. The fourth-order valence-electron chi connectivity index (χ4n) is 0.703. The quantitative estimate of drug-likeness (QED) is 0.421. The van der Waals surface area contributed by atoms with E-state index in [4.69, 9.17) is 10.00 Å². The Labute approximate surface area is 53.9 Å². The van der Waals surface area contributed by atoms with Crippen molar-refractivity contribution in [3.05, 3.63) is 0 Å². The van der Waals surface area contributed by atoms with Crippen LogP contribution in [-0.2, 0) is 4.74 Å². The molecule has 1 aliphatic rings. The maximum absolute atomic E-state index is 9.28. The van der Waals surface area contributed by atoms with Gasteiger partial charge in [-0.05, 0) is 6.42 Å². The number of nitriles is 1. The van der Waals surface area contributed by atoms with Gasteiger partial charge in [-0.1, -0.05) is 6.92 Å². The number of hydrogen-bond acceptors (Lipinski definition) is 3. The molecule has 0 aromatic heterocycles.